The first kappa shape index (κ1) is 25.0. The number of hydrogen-bond donors (Lipinski definition) is 1. The molecule has 1 atom stereocenters. The number of hydrogen-bond acceptors (Lipinski definition) is 1. The molecule has 0 aliphatic carbocycles. The molecule has 0 fully saturated rings. The maximum absolute atomic E-state index is 9.75. The third kappa shape index (κ3) is 11.3. The Hall–Kier alpha value is -0.0213. The third-order valence-electron chi connectivity index (χ3n) is 5.35. The van der Waals surface area contributed by atoms with Crippen molar-refractivity contribution in [2.75, 3.05) is 0 Å². The van der Waals surface area contributed by atoms with Gasteiger partial charge < -0.3 is 0 Å². The molecule has 0 saturated heterocycles. The van der Waals surface area contributed by atoms with Crippen molar-refractivity contribution in [2.24, 2.45) is 0 Å². The molecule has 0 saturated carbocycles. The zero-order valence-electron chi connectivity index (χ0n) is 17.7. The number of aliphatic hydroxyl groups is 1. The second-order valence-electron chi connectivity index (χ2n) is 7.57. The summed E-state index contributed by atoms with van der Waals surface area (Å²) in [6.07, 6.45) is 20.5. The molecule has 1 nitrogen and oxygen atoms in total. The summed E-state index contributed by atoms with van der Waals surface area (Å²) in [5, 5.41) is 9.75. The minimum absolute atomic E-state index is 0.295. The number of unbranched alkanes of at least 4 members (excludes halogenated alkanes) is 3. The number of aliphatic hydroxyl groups excluding tert-OH is 1. The molecule has 0 amide bonds. The summed E-state index contributed by atoms with van der Waals surface area (Å²) in [5.74, 6) is 0. The molecule has 0 heterocycles. The van der Waals surface area contributed by atoms with Crippen LogP contribution in [-0.2, 0) is 0 Å². The van der Waals surface area contributed by atoms with Crippen molar-refractivity contribution < 1.29 is 5.11 Å². The fourth-order valence-corrected chi connectivity index (χ4v) is 19.2. The van der Waals surface area contributed by atoms with Crippen molar-refractivity contribution in [3.05, 3.63) is 34.0 Å². The van der Waals surface area contributed by atoms with Crippen LogP contribution in [0.4, 0.5) is 0 Å². The molecular weight excluding hydrogens is 411 g/mol. The molecular formula is C23H44OSn. The van der Waals surface area contributed by atoms with Gasteiger partial charge in [-0.05, 0) is 0 Å². The van der Waals surface area contributed by atoms with E-state index >= 15 is 0 Å². The Kier molecular flexibility index (Phi) is 16.2. The van der Waals surface area contributed by atoms with Crippen molar-refractivity contribution in [2.45, 2.75) is 105 Å². The van der Waals surface area contributed by atoms with Gasteiger partial charge >= 0.3 is 163 Å². The van der Waals surface area contributed by atoms with E-state index in [0.717, 1.165) is 12.8 Å². The van der Waals surface area contributed by atoms with Crippen LogP contribution in [0, 0.1) is 0 Å². The molecule has 0 aromatic carbocycles. The molecule has 25 heavy (non-hydrogen) atoms. The Morgan fingerprint density at radius 2 is 1.32 bits per heavy atom. The molecule has 0 radical (unpaired) electrons. The molecule has 1 N–H and O–H groups in total. The minimum atomic E-state index is -2.19. The van der Waals surface area contributed by atoms with E-state index in [1.54, 1.807) is 3.59 Å². The van der Waals surface area contributed by atoms with Gasteiger partial charge in [-0.15, -0.1) is 0 Å². The van der Waals surface area contributed by atoms with Crippen molar-refractivity contribution in [3.8, 4) is 0 Å². The molecule has 0 aromatic heterocycles. The fraction of sp³-hybridized carbons (Fsp3) is 0.739. The predicted octanol–water partition coefficient (Wildman–Crippen LogP) is 7.59. The Bertz CT molecular complexity index is 373. The van der Waals surface area contributed by atoms with Crippen molar-refractivity contribution >= 4 is 18.4 Å². The Labute approximate surface area is 162 Å². The van der Waals surface area contributed by atoms with Crippen LogP contribution in [0.3, 0.4) is 0 Å². The van der Waals surface area contributed by atoms with Gasteiger partial charge in [0.05, 0.1) is 0 Å². The molecule has 0 rings (SSSR count). The van der Waals surface area contributed by atoms with Gasteiger partial charge in [0.15, 0.2) is 0 Å². The average Bonchev–Trinajstić information content (AvgIpc) is 2.61. The van der Waals surface area contributed by atoms with Crippen LogP contribution in [0.1, 0.15) is 86.0 Å². The van der Waals surface area contributed by atoms with Crippen molar-refractivity contribution in [3.63, 3.8) is 0 Å². The van der Waals surface area contributed by atoms with E-state index in [-0.39, 0.29) is 6.10 Å². The van der Waals surface area contributed by atoms with Crippen LogP contribution in [0.5, 0.6) is 0 Å². The summed E-state index contributed by atoms with van der Waals surface area (Å²) in [6, 6.07) is 0. The SMILES string of the molecule is CCC[CH2][Sn]([CH2]CCC)([CH2]CCC)/[C](C)=C/C=C/C=C/C(O)CCC. The summed E-state index contributed by atoms with van der Waals surface area (Å²) in [5.41, 5.74) is 0. The summed E-state index contributed by atoms with van der Waals surface area (Å²) in [7, 11) is 0. The van der Waals surface area contributed by atoms with Crippen LogP contribution in [0.2, 0.25) is 13.3 Å². The van der Waals surface area contributed by atoms with Crippen LogP contribution in [0.25, 0.3) is 0 Å². The first-order chi connectivity index (χ1) is 12.1. The van der Waals surface area contributed by atoms with Crippen molar-refractivity contribution in [1.82, 2.24) is 0 Å². The van der Waals surface area contributed by atoms with E-state index < -0.39 is 18.4 Å². The Morgan fingerprint density at radius 1 is 0.800 bits per heavy atom. The molecule has 146 valence electrons. The topological polar surface area (TPSA) is 20.2 Å². The number of allylic oxidation sites excluding steroid dienone is 5. The normalized spacial score (nSPS) is 14.7. The zero-order chi connectivity index (χ0) is 19.0. The molecule has 0 aliphatic heterocycles. The molecule has 0 bridgehead atoms. The van der Waals surface area contributed by atoms with E-state index in [2.05, 4.69) is 52.8 Å². The Balaban J connectivity index is 5.09. The predicted molar refractivity (Wildman–Crippen MR) is 118 cm³/mol. The molecule has 0 aliphatic rings. The van der Waals surface area contributed by atoms with Crippen LogP contribution in [0.15, 0.2) is 34.0 Å². The van der Waals surface area contributed by atoms with Gasteiger partial charge in [-0.25, -0.2) is 0 Å². The van der Waals surface area contributed by atoms with Gasteiger partial charge in [-0.1, -0.05) is 0 Å². The monoisotopic (exact) mass is 456 g/mol. The molecule has 2 heteroatoms. The standard InChI is InChI=1S/C11H17O.3C4H9.Sn/c1-3-5-6-7-8-10-11(12)9-4-2;3*1-3-4-2;/h5-8,10-12H,4,9H2,1-2H3;3*1,3-4H2,2H3;/b5-3?,7-6+,10-8+;;;;. The van der Waals surface area contributed by atoms with E-state index in [4.69, 9.17) is 0 Å². The number of rotatable bonds is 15. The maximum atomic E-state index is 9.75. The van der Waals surface area contributed by atoms with Crippen LogP contribution < -0.4 is 0 Å². The van der Waals surface area contributed by atoms with Gasteiger partial charge in [0.25, 0.3) is 0 Å². The summed E-state index contributed by atoms with van der Waals surface area (Å²) >= 11 is -2.19. The van der Waals surface area contributed by atoms with Gasteiger partial charge in [-0.3, -0.25) is 0 Å². The third-order valence-corrected chi connectivity index (χ3v) is 21.8. The summed E-state index contributed by atoms with van der Waals surface area (Å²) in [4.78, 5) is 0. The van der Waals surface area contributed by atoms with Gasteiger partial charge in [0.2, 0.25) is 0 Å². The first-order valence-corrected chi connectivity index (χ1v) is 18.2. The first-order valence-electron chi connectivity index (χ1n) is 10.8. The van der Waals surface area contributed by atoms with E-state index in [0.29, 0.717) is 0 Å². The van der Waals surface area contributed by atoms with Gasteiger partial charge in [-0.2, -0.15) is 0 Å². The van der Waals surface area contributed by atoms with Crippen molar-refractivity contribution in [1.29, 1.82) is 0 Å². The van der Waals surface area contributed by atoms with E-state index in [1.165, 1.54) is 51.8 Å². The van der Waals surface area contributed by atoms with Crippen LogP contribution in [-0.4, -0.2) is 29.6 Å². The molecule has 1 unspecified atom stereocenters. The zero-order valence-corrected chi connectivity index (χ0v) is 20.5. The quantitative estimate of drug-likeness (QED) is 0.199. The van der Waals surface area contributed by atoms with Gasteiger partial charge in [0, 0.05) is 0 Å². The van der Waals surface area contributed by atoms with Gasteiger partial charge in [0.1, 0.15) is 0 Å². The van der Waals surface area contributed by atoms with E-state index in [9.17, 15) is 5.11 Å². The Morgan fingerprint density at radius 3 is 1.76 bits per heavy atom. The molecule has 0 aromatic rings. The molecule has 0 spiro atoms. The average molecular weight is 455 g/mol. The summed E-state index contributed by atoms with van der Waals surface area (Å²) < 4.78 is 6.36. The fourth-order valence-electron chi connectivity index (χ4n) is 3.54. The summed E-state index contributed by atoms with van der Waals surface area (Å²) in [6.45, 7) is 11.5. The van der Waals surface area contributed by atoms with Crippen LogP contribution >= 0.6 is 0 Å². The van der Waals surface area contributed by atoms with E-state index in [1.807, 2.05) is 12.2 Å². The second-order valence-corrected chi connectivity index (χ2v) is 21.4. The second kappa shape index (κ2) is 16.2.